The van der Waals surface area contributed by atoms with Crippen LogP contribution in [0.2, 0.25) is 0 Å². The SMILES string of the molecule is F[B-](F)(F)F.c1cc2sn[s+]c2s1. The Labute approximate surface area is 83.1 Å². The van der Waals surface area contributed by atoms with Crippen LogP contribution in [0.4, 0.5) is 17.3 Å². The van der Waals surface area contributed by atoms with E-state index < -0.39 is 7.25 Å². The summed E-state index contributed by atoms with van der Waals surface area (Å²) in [5.74, 6) is 0. The molecule has 2 aromatic rings. The van der Waals surface area contributed by atoms with Crippen molar-refractivity contribution in [3.05, 3.63) is 11.4 Å². The molecule has 2 aromatic heterocycles. The summed E-state index contributed by atoms with van der Waals surface area (Å²) in [4.78, 5) is 0. The highest BCUT2D eigenvalue weighted by atomic mass is 32.2. The van der Waals surface area contributed by atoms with Gasteiger partial charge in [-0.2, -0.15) is 0 Å². The van der Waals surface area contributed by atoms with Crippen molar-refractivity contribution >= 4 is 50.4 Å². The fraction of sp³-hybridized carbons (Fsp3) is 0. The summed E-state index contributed by atoms with van der Waals surface area (Å²) >= 11 is 4.91. The maximum absolute atomic E-state index is 9.75. The Balaban J connectivity index is 0.000000149. The molecule has 1 nitrogen and oxygen atoms in total. The predicted octanol–water partition coefficient (Wildman–Crippen LogP) is 4.00. The summed E-state index contributed by atoms with van der Waals surface area (Å²) in [6.45, 7) is 0. The summed E-state index contributed by atoms with van der Waals surface area (Å²) in [6, 6.07) is 2.11. The van der Waals surface area contributed by atoms with E-state index in [0.717, 1.165) is 0 Å². The summed E-state index contributed by atoms with van der Waals surface area (Å²) in [5, 5.41) is 2.10. The second-order valence-electron chi connectivity index (χ2n) is 1.82. The molecule has 0 fully saturated rings. The number of nitrogens with zero attached hydrogens (tertiary/aromatic N) is 1. The van der Waals surface area contributed by atoms with E-state index in [4.69, 9.17) is 0 Å². The molecule has 0 radical (unpaired) electrons. The van der Waals surface area contributed by atoms with E-state index in [0.29, 0.717) is 0 Å². The molecule has 13 heavy (non-hydrogen) atoms. The predicted molar refractivity (Wildman–Crippen MR) is 50.0 cm³/mol. The van der Waals surface area contributed by atoms with Gasteiger partial charge < -0.3 is 17.3 Å². The molecule has 0 saturated heterocycles. The Kier molecular flexibility index (Phi) is 3.57. The first-order valence-corrected chi connectivity index (χ1v) is 5.38. The van der Waals surface area contributed by atoms with Crippen LogP contribution in [0, 0.1) is 0 Å². The smallest absolute Gasteiger partial charge is 0.418 e. The summed E-state index contributed by atoms with van der Waals surface area (Å²) in [5.41, 5.74) is 0. The van der Waals surface area contributed by atoms with Crippen LogP contribution in [-0.4, -0.2) is 11.0 Å². The van der Waals surface area contributed by atoms with Crippen LogP contribution >= 0.6 is 34.4 Å². The highest BCUT2D eigenvalue weighted by Gasteiger charge is 2.20. The first-order valence-electron chi connectivity index (χ1n) is 2.96. The molecule has 0 unspecified atom stereocenters. The number of fused-ring (bicyclic) bond motifs is 1. The number of aromatic nitrogens is 1. The van der Waals surface area contributed by atoms with Gasteiger partial charge in [0.2, 0.25) is 0 Å². The number of rotatable bonds is 0. The molecular formula is C4H2BF4NS3. The monoisotopic (exact) mass is 247 g/mol. The molecule has 0 amide bonds. The van der Waals surface area contributed by atoms with E-state index in [1.54, 1.807) is 34.4 Å². The molecule has 0 aliphatic rings. The van der Waals surface area contributed by atoms with Gasteiger partial charge in [-0.25, -0.2) is 0 Å². The van der Waals surface area contributed by atoms with Gasteiger partial charge in [0.05, 0.1) is 5.38 Å². The molecule has 0 spiro atoms. The Morgan fingerprint density at radius 3 is 2.46 bits per heavy atom. The molecule has 0 bridgehead atoms. The van der Waals surface area contributed by atoms with Crippen LogP contribution in [0.3, 0.4) is 0 Å². The second-order valence-corrected chi connectivity index (χ2v) is 4.81. The molecule has 9 heteroatoms. The lowest BCUT2D eigenvalue weighted by atomic mass is 10.3. The van der Waals surface area contributed by atoms with E-state index >= 15 is 0 Å². The van der Waals surface area contributed by atoms with E-state index in [1.807, 2.05) is 0 Å². The van der Waals surface area contributed by atoms with Gasteiger partial charge in [-0.3, -0.25) is 0 Å². The third-order valence-electron chi connectivity index (χ3n) is 0.851. The topological polar surface area (TPSA) is 12.9 Å². The van der Waals surface area contributed by atoms with Crippen molar-refractivity contribution in [1.82, 2.24) is 3.76 Å². The number of hydrogen-bond acceptors (Lipinski definition) is 3. The molecule has 2 heterocycles. The highest BCUT2D eigenvalue weighted by Crippen LogP contribution is 2.27. The van der Waals surface area contributed by atoms with Gasteiger partial charge in [0.1, 0.15) is 11.5 Å². The minimum atomic E-state index is -6.00. The zero-order valence-corrected chi connectivity index (χ0v) is 8.37. The van der Waals surface area contributed by atoms with Gasteiger partial charge in [-0.1, -0.05) is 0 Å². The Bertz CT molecular complexity index is 311. The van der Waals surface area contributed by atoms with Crippen LogP contribution in [0.1, 0.15) is 0 Å². The van der Waals surface area contributed by atoms with Crippen molar-refractivity contribution in [2.24, 2.45) is 0 Å². The van der Waals surface area contributed by atoms with Gasteiger partial charge in [-0.05, 0) is 0 Å². The number of halogens is 4. The summed E-state index contributed by atoms with van der Waals surface area (Å²) in [6.07, 6.45) is 0. The maximum Gasteiger partial charge on any atom is 0.673 e. The first-order chi connectivity index (χ1) is 5.97. The van der Waals surface area contributed by atoms with Crippen molar-refractivity contribution in [3.8, 4) is 0 Å². The number of thiophene rings is 1. The second kappa shape index (κ2) is 4.29. The Morgan fingerprint density at radius 2 is 1.92 bits per heavy atom. The van der Waals surface area contributed by atoms with Crippen LogP contribution in [-0.2, 0) is 0 Å². The summed E-state index contributed by atoms with van der Waals surface area (Å²) in [7, 11) is -6.00. The van der Waals surface area contributed by atoms with Crippen LogP contribution < -0.4 is 0 Å². The number of hydrogen-bond donors (Lipinski definition) is 0. The maximum atomic E-state index is 9.75. The van der Waals surface area contributed by atoms with Crippen molar-refractivity contribution in [2.75, 3.05) is 0 Å². The van der Waals surface area contributed by atoms with E-state index in [1.165, 1.54) is 8.71 Å². The lowest BCUT2D eigenvalue weighted by Gasteiger charge is -1.94. The minimum absolute atomic E-state index is 1.32. The lowest BCUT2D eigenvalue weighted by Crippen LogP contribution is -2.02. The average molecular weight is 247 g/mol. The summed E-state index contributed by atoms with van der Waals surface area (Å²) < 4.78 is 45.7. The molecule has 0 atom stereocenters. The van der Waals surface area contributed by atoms with Crippen molar-refractivity contribution in [1.29, 1.82) is 0 Å². The Hall–Kier alpha value is -0.275. The average Bonchev–Trinajstić information content (AvgIpc) is 2.36. The standard InChI is InChI=1S/C4H2NS3.BF4/c1-2-6-4-3(1)7-5-8-4;2-1(3,4)5/h1-2H;/q+1;-1. The van der Waals surface area contributed by atoms with E-state index in [9.17, 15) is 17.3 Å². The molecule has 0 saturated carbocycles. The van der Waals surface area contributed by atoms with Gasteiger partial charge >= 0.3 is 7.25 Å². The molecule has 72 valence electrons. The highest BCUT2D eigenvalue weighted by molar-refractivity contribution is 7.42. The van der Waals surface area contributed by atoms with Crippen LogP contribution in [0.15, 0.2) is 11.4 Å². The van der Waals surface area contributed by atoms with Crippen LogP contribution in [0.25, 0.3) is 8.71 Å². The van der Waals surface area contributed by atoms with E-state index in [2.05, 4.69) is 15.2 Å². The molecule has 0 aromatic carbocycles. The third-order valence-corrected chi connectivity index (χ3v) is 3.85. The first kappa shape index (κ1) is 10.8. The molecule has 2 rings (SSSR count). The largest absolute Gasteiger partial charge is 0.673 e. The van der Waals surface area contributed by atoms with Crippen molar-refractivity contribution in [3.63, 3.8) is 0 Å². The van der Waals surface area contributed by atoms with Gasteiger partial charge in [-0.15, -0.1) is 0 Å². The molecule has 0 aliphatic carbocycles. The quantitative estimate of drug-likeness (QED) is 0.389. The molecule has 0 N–H and O–H groups in total. The van der Waals surface area contributed by atoms with E-state index in [-0.39, 0.29) is 0 Å². The van der Waals surface area contributed by atoms with Gasteiger partial charge in [0, 0.05) is 21.2 Å². The molecular weight excluding hydrogens is 245 g/mol. The normalized spacial score (nSPS) is 11.1. The zero-order chi connectivity index (χ0) is 9.90. The fourth-order valence-corrected chi connectivity index (χ4v) is 3.30. The third kappa shape index (κ3) is 4.48. The Morgan fingerprint density at radius 1 is 1.31 bits per heavy atom. The fourth-order valence-electron chi connectivity index (χ4n) is 0.511. The molecule has 0 aliphatic heterocycles. The van der Waals surface area contributed by atoms with Crippen molar-refractivity contribution in [2.45, 2.75) is 0 Å². The van der Waals surface area contributed by atoms with Gasteiger partial charge in [0.25, 0.3) is 4.01 Å². The van der Waals surface area contributed by atoms with Crippen LogP contribution in [0.5, 0.6) is 0 Å². The van der Waals surface area contributed by atoms with Gasteiger partial charge in [0.15, 0.2) is 16.2 Å². The minimum Gasteiger partial charge on any atom is -0.418 e. The lowest BCUT2D eigenvalue weighted by molar-refractivity contribution is 0.368. The zero-order valence-electron chi connectivity index (χ0n) is 5.92. The van der Waals surface area contributed by atoms with Crippen molar-refractivity contribution < 1.29 is 17.3 Å².